The Hall–Kier alpha value is -0.870. The van der Waals surface area contributed by atoms with Gasteiger partial charge in [-0.1, -0.05) is 28.1 Å². The van der Waals surface area contributed by atoms with E-state index in [4.69, 9.17) is 10.5 Å². The van der Waals surface area contributed by atoms with Gasteiger partial charge >= 0.3 is 0 Å². The fourth-order valence-electron chi connectivity index (χ4n) is 0.890. The largest absolute Gasteiger partial charge is 0.486 e. The zero-order valence-corrected chi connectivity index (χ0v) is 9.13. The third-order valence-electron chi connectivity index (χ3n) is 1.53. The molecule has 0 aliphatic carbocycles. The molecule has 2 nitrogen and oxygen atoms in total. The Morgan fingerprint density at radius 3 is 2.93 bits per heavy atom. The first-order chi connectivity index (χ1) is 6.74. The quantitative estimate of drug-likeness (QED) is 0.844. The minimum Gasteiger partial charge on any atom is -0.486 e. The maximum atomic E-state index is 13.1. The van der Waals surface area contributed by atoms with Crippen LogP contribution >= 0.6 is 15.9 Å². The summed E-state index contributed by atoms with van der Waals surface area (Å²) in [7, 11) is 0. The van der Waals surface area contributed by atoms with E-state index in [1.165, 1.54) is 6.07 Å². The lowest BCUT2D eigenvalue weighted by Crippen LogP contribution is -1.98. The predicted octanol–water partition coefficient (Wildman–Crippen LogP) is 2.48. The molecule has 1 aromatic rings. The first kappa shape index (κ1) is 11.2. The average Bonchev–Trinajstić information content (AvgIpc) is 2.18. The third-order valence-corrected chi connectivity index (χ3v) is 2.02. The molecule has 0 aliphatic heterocycles. The van der Waals surface area contributed by atoms with Gasteiger partial charge in [-0.2, -0.15) is 0 Å². The second-order valence-electron chi connectivity index (χ2n) is 2.59. The van der Waals surface area contributed by atoms with Gasteiger partial charge in [-0.15, -0.1) is 0 Å². The third kappa shape index (κ3) is 3.47. The number of ether oxygens (including phenoxy) is 1. The van der Waals surface area contributed by atoms with Gasteiger partial charge in [0.1, 0.15) is 6.61 Å². The van der Waals surface area contributed by atoms with Crippen molar-refractivity contribution in [1.29, 1.82) is 0 Å². The topological polar surface area (TPSA) is 35.2 Å². The molecule has 0 heterocycles. The molecule has 0 saturated carbocycles. The van der Waals surface area contributed by atoms with E-state index < -0.39 is 0 Å². The standard InChI is InChI=1S/C10H11BrFNO/c11-8-3-4-9(12)10(7-8)14-6-2-1-5-13/h1-4,7H,5-6,13H2/b2-1+. The van der Waals surface area contributed by atoms with Crippen LogP contribution in [0.15, 0.2) is 34.8 Å². The van der Waals surface area contributed by atoms with Crippen LogP contribution in [0.4, 0.5) is 4.39 Å². The van der Waals surface area contributed by atoms with Crippen LogP contribution in [-0.2, 0) is 0 Å². The highest BCUT2D eigenvalue weighted by Crippen LogP contribution is 2.21. The molecular weight excluding hydrogens is 249 g/mol. The second-order valence-corrected chi connectivity index (χ2v) is 3.51. The summed E-state index contributed by atoms with van der Waals surface area (Å²) in [6.07, 6.45) is 3.51. The summed E-state index contributed by atoms with van der Waals surface area (Å²) in [4.78, 5) is 0. The van der Waals surface area contributed by atoms with Crippen molar-refractivity contribution in [1.82, 2.24) is 0 Å². The van der Waals surface area contributed by atoms with Crippen molar-refractivity contribution >= 4 is 15.9 Å². The summed E-state index contributed by atoms with van der Waals surface area (Å²) in [5.41, 5.74) is 5.24. The molecule has 0 unspecified atom stereocenters. The molecule has 1 rings (SSSR count). The Balaban J connectivity index is 2.57. The molecule has 0 aromatic heterocycles. The molecule has 4 heteroatoms. The maximum Gasteiger partial charge on any atom is 0.165 e. The summed E-state index contributed by atoms with van der Waals surface area (Å²) in [6.45, 7) is 0.787. The smallest absolute Gasteiger partial charge is 0.165 e. The minimum absolute atomic E-state index is 0.237. The van der Waals surface area contributed by atoms with Crippen LogP contribution < -0.4 is 10.5 Å². The number of nitrogens with two attached hydrogens (primary N) is 1. The highest BCUT2D eigenvalue weighted by Gasteiger charge is 2.01. The van der Waals surface area contributed by atoms with Crippen LogP contribution in [0, 0.1) is 5.82 Å². The van der Waals surface area contributed by atoms with Gasteiger partial charge in [0, 0.05) is 11.0 Å². The summed E-state index contributed by atoms with van der Waals surface area (Å²) >= 11 is 3.23. The zero-order valence-electron chi connectivity index (χ0n) is 7.54. The Morgan fingerprint density at radius 2 is 2.21 bits per heavy atom. The van der Waals surface area contributed by atoms with Crippen molar-refractivity contribution in [3.63, 3.8) is 0 Å². The molecule has 14 heavy (non-hydrogen) atoms. The van der Waals surface area contributed by atoms with Gasteiger partial charge in [-0.25, -0.2) is 4.39 Å². The number of hydrogen-bond donors (Lipinski definition) is 1. The van der Waals surface area contributed by atoms with E-state index >= 15 is 0 Å². The van der Waals surface area contributed by atoms with Gasteiger partial charge in [0.05, 0.1) is 0 Å². The van der Waals surface area contributed by atoms with Crippen LogP contribution in [-0.4, -0.2) is 13.2 Å². The number of rotatable bonds is 4. The van der Waals surface area contributed by atoms with Crippen molar-refractivity contribution < 1.29 is 9.13 Å². The minimum atomic E-state index is -0.366. The van der Waals surface area contributed by atoms with Gasteiger partial charge in [-0.05, 0) is 18.2 Å². The van der Waals surface area contributed by atoms with Gasteiger partial charge in [-0.3, -0.25) is 0 Å². The first-order valence-corrected chi connectivity index (χ1v) is 4.96. The van der Waals surface area contributed by atoms with Crippen LogP contribution in [0.5, 0.6) is 5.75 Å². The highest BCUT2D eigenvalue weighted by molar-refractivity contribution is 9.10. The van der Waals surface area contributed by atoms with Gasteiger partial charge in [0.25, 0.3) is 0 Å². The van der Waals surface area contributed by atoms with Crippen LogP contribution in [0.1, 0.15) is 0 Å². The molecule has 0 saturated heterocycles. The zero-order chi connectivity index (χ0) is 10.4. The molecule has 1 aromatic carbocycles. The summed E-state index contributed by atoms with van der Waals surface area (Å²) in [6, 6.07) is 4.57. The lowest BCUT2D eigenvalue weighted by molar-refractivity contribution is 0.341. The Labute approximate surface area is 90.7 Å². The van der Waals surface area contributed by atoms with Crippen LogP contribution in [0.3, 0.4) is 0 Å². The maximum absolute atomic E-state index is 13.1. The normalized spacial score (nSPS) is 10.8. The van der Waals surface area contributed by atoms with Crippen molar-refractivity contribution in [2.75, 3.05) is 13.2 Å². The highest BCUT2D eigenvalue weighted by atomic mass is 79.9. The van der Waals surface area contributed by atoms with Crippen LogP contribution in [0.25, 0.3) is 0 Å². The molecule has 0 atom stereocenters. The fraction of sp³-hybridized carbons (Fsp3) is 0.200. The number of hydrogen-bond acceptors (Lipinski definition) is 2. The van der Waals surface area contributed by atoms with E-state index in [9.17, 15) is 4.39 Å². The number of benzene rings is 1. The molecular formula is C10H11BrFNO. The number of halogens is 2. The Bertz CT molecular complexity index is 328. The summed E-state index contributed by atoms with van der Waals surface area (Å²) < 4.78 is 19.0. The molecule has 0 bridgehead atoms. The van der Waals surface area contributed by atoms with E-state index in [1.54, 1.807) is 24.3 Å². The Kier molecular flexibility index (Phi) is 4.62. The lowest BCUT2D eigenvalue weighted by atomic mass is 10.3. The second kappa shape index (κ2) is 5.78. The van der Waals surface area contributed by atoms with E-state index in [0.717, 1.165) is 4.47 Å². The first-order valence-electron chi connectivity index (χ1n) is 4.17. The molecule has 0 aliphatic rings. The predicted molar refractivity (Wildman–Crippen MR) is 57.8 cm³/mol. The summed E-state index contributed by atoms with van der Waals surface area (Å²) in [5.74, 6) is -0.129. The molecule has 76 valence electrons. The molecule has 0 radical (unpaired) electrons. The monoisotopic (exact) mass is 259 g/mol. The van der Waals surface area contributed by atoms with Gasteiger partial charge in [0.15, 0.2) is 11.6 Å². The SMILES string of the molecule is NC/C=C/COc1cc(Br)ccc1F. The summed E-state index contributed by atoms with van der Waals surface area (Å²) in [5, 5.41) is 0. The molecule has 2 N–H and O–H groups in total. The van der Waals surface area contributed by atoms with Gasteiger partial charge < -0.3 is 10.5 Å². The van der Waals surface area contributed by atoms with Gasteiger partial charge in [0.2, 0.25) is 0 Å². The van der Waals surface area contributed by atoms with Crippen molar-refractivity contribution in [2.45, 2.75) is 0 Å². The Morgan fingerprint density at radius 1 is 1.43 bits per heavy atom. The van der Waals surface area contributed by atoms with E-state index in [0.29, 0.717) is 13.2 Å². The van der Waals surface area contributed by atoms with Crippen molar-refractivity contribution in [3.8, 4) is 5.75 Å². The van der Waals surface area contributed by atoms with Crippen LogP contribution in [0.2, 0.25) is 0 Å². The molecule has 0 fully saturated rings. The van der Waals surface area contributed by atoms with E-state index in [1.807, 2.05) is 0 Å². The molecule has 0 amide bonds. The molecule has 0 spiro atoms. The lowest BCUT2D eigenvalue weighted by Gasteiger charge is -2.04. The fourth-order valence-corrected chi connectivity index (χ4v) is 1.23. The average molecular weight is 260 g/mol. The van der Waals surface area contributed by atoms with E-state index in [2.05, 4.69) is 15.9 Å². The van der Waals surface area contributed by atoms with Crippen molar-refractivity contribution in [2.24, 2.45) is 5.73 Å². The van der Waals surface area contributed by atoms with Crippen molar-refractivity contribution in [3.05, 3.63) is 40.6 Å². The van der Waals surface area contributed by atoms with E-state index in [-0.39, 0.29) is 11.6 Å².